The van der Waals surface area contributed by atoms with E-state index in [2.05, 4.69) is 20.7 Å². The highest BCUT2D eigenvalue weighted by molar-refractivity contribution is 9.10. The van der Waals surface area contributed by atoms with Crippen molar-refractivity contribution in [3.8, 4) is 16.9 Å². The minimum Gasteiger partial charge on any atom is -0.405 e. The van der Waals surface area contributed by atoms with Crippen molar-refractivity contribution in [3.63, 3.8) is 0 Å². The summed E-state index contributed by atoms with van der Waals surface area (Å²) in [5, 5.41) is 0. The number of aryl methyl sites for hydroxylation is 1. The second kappa shape index (κ2) is 5.87. The third-order valence-corrected chi connectivity index (χ3v) is 3.34. The smallest absolute Gasteiger partial charge is 0.405 e. The Hall–Kier alpha value is -1.49. The predicted octanol–water partition coefficient (Wildman–Crippen LogP) is 5.58. The van der Waals surface area contributed by atoms with Gasteiger partial charge < -0.3 is 4.74 Å². The Balaban J connectivity index is 2.53. The molecular weight excluding hydrogens is 333 g/mol. The fourth-order valence-electron chi connectivity index (χ4n) is 2.02. The lowest BCUT2D eigenvalue weighted by Gasteiger charge is -2.15. The van der Waals surface area contributed by atoms with Crippen LogP contribution in [0.1, 0.15) is 12.5 Å². The largest absolute Gasteiger partial charge is 0.573 e. The number of halogens is 4. The maximum atomic E-state index is 12.5. The van der Waals surface area contributed by atoms with Crippen molar-refractivity contribution in [1.29, 1.82) is 0 Å². The Morgan fingerprint density at radius 1 is 1.05 bits per heavy atom. The fraction of sp³-hybridized carbons (Fsp3) is 0.200. The normalized spacial score (nSPS) is 11.4. The number of para-hydroxylation sites is 1. The van der Waals surface area contributed by atoms with Crippen molar-refractivity contribution in [2.45, 2.75) is 19.7 Å². The van der Waals surface area contributed by atoms with Gasteiger partial charge in [0.1, 0.15) is 5.75 Å². The van der Waals surface area contributed by atoms with Crippen molar-refractivity contribution in [1.82, 2.24) is 0 Å². The zero-order valence-electron chi connectivity index (χ0n) is 10.7. The molecule has 0 fully saturated rings. The molecule has 2 rings (SSSR count). The van der Waals surface area contributed by atoms with Gasteiger partial charge in [-0.25, -0.2) is 0 Å². The van der Waals surface area contributed by atoms with E-state index in [0.29, 0.717) is 5.56 Å². The monoisotopic (exact) mass is 344 g/mol. The van der Waals surface area contributed by atoms with Crippen molar-refractivity contribution in [3.05, 3.63) is 52.5 Å². The number of hydrogen-bond donors (Lipinski definition) is 0. The minimum atomic E-state index is -4.70. The zero-order valence-corrected chi connectivity index (χ0v) is 12.3. The summed E-state index contributed by atoms with van der Waals surface area (Å²) in [6, 6.07) is 11.7. The molecule has 0 aliphatic rings. The van der Waals surface area contributed by atoms with Crippen LogP contribution in [0.25, 0.3) is 11.1 Å². The number of rotatable bonds is 3. The quantitative estimate of drug-likeness (QED) is 0.706. The van der Waals surface area contributed by atoms with Crippen LogP contribution in [0.15, 0.2) is 46.9 Å². The zero-order chi connectivity index (χ0) is 14.8. The summed E-state index contributed by atoms with van der Waals surface area (Å²) in [7, 11) is 0. The van der Waals surface area contributed by atoms with Gasteiger partial charge >= 0.3 is 6.36 Å². The van der Waals surface area contributed by atoms with E-state index < -0.39 is 6.36 Å². The van der Waals surface area contributed by atoms with Crippen LogP contribution in [0.5, 0.6) is 5.75 Å². The number of ether oxygens (including phenoxy) is 1. The number of benzene rings is 2. The van der Waals surface area contributed by atoms with Crippen molar-refractivity contribution in [2.75, 3.05) is 0 Å². The van der Waals surface area contributed by atoms with Crippen LogP contribution in [0, 0.1) is 0 Å². The van der Waals surface area contributed by atoms with Crippen molar-refractivity contribution < 1.29 is 17.9 Å². The molecule has 0 saturated carbocycles. The maximum absolute atomic E-state index is 12.5. The van der Waals surface area contributed by atoms with E-state index >= 15 is 0 Å². The van der Waals surface area contributed by atoms with Crippen LogP contribution < -0.4 is 4.74 Å². The van der Waals surface area contributed by atoms with E-state index in [1.165, 1.54) is 12.1 Å². The van der Waals surface area contributed by atoms with E-state index in [-0.39, 0.29) is 5.75 Å². The first-order valence-corrected chi connectivity index (χ1v) is 6.83. The van der Waals surface area contributed by atoms with E-state index in [1.54, 1.807) is 24.3 Å². The molecule has 20 heavy (non-hydrogen) atoms. The first-order chi connectivity index (χ1) is 9.40. The highest BCUT2D eigenvalue weighted by atomic mass is 79.9. The lowest BCUT2D eigenvalue weighted by atomic mass is 9.97. The van der Waals surface area contributed by atoms with E-state index in [9.17, 15) is 13.2 Å². The van der Waals surface area contributed by atoms with Crippen LogP contribution in [-0.4, -0.2) is 6.36 Å². The SMILES string of the molecule is CCc1cc(Br)ccc1-c1ccccc1OC(F)(F)F. The molecule has 0 N–H and O–H groups in total. The summed E-state index contributed by atoms with van der Waals surface area (Å²) < 4.78 is 42.4. The van der Waals surface area contributed by atoms with Gasteiger partial charge in [0.25, 0.3) is 0 Å². The van der Waals surface area contributed by atoms with Crippen LogP contribution in [-0.2, 0) is 6.42 Å². The standard InChI is InChI=1S/C15H12BrF3O/c1-2-10-9-11(16)7-8-12(10)13-5-3-4-6-14(13)20-15(17,18)19/h3-9H,2H2,1H3. The molecule has 0 saturated heterocycles. The van der Waals surface area contributed by atoms with Gasteiger partial charge in [-0.3, -0.25) is 0 Å². The molecule has 5 heteroatoms. The third-order valence-electron chi connectivity index (χ3n) is 2.85. The molecule has 0 atom stereocenters. The third kappa shape index (κ3) is 3.54. The molecule has 0 aromatic heterocycles. The molecule has 0 radical (unpaired) electrons. The van der Waals surface area contributed by atoms with E-state index in [1.807, 2.05) is 13.0 Å². The molecule has 2 aromatic rings. The first kappa shape index (κ1) is 14.9. The Kier molecular flexibility index (Phi) is 4.38. The maximum Gasteiger partial charge on any atom is 0.573 e. The van der Waals surface area contributed by atoms with Crippen molar-refractivity contribution in [2.24, 2.45) is 0 Å². The number of hydrogen-bond acceptors (Lipinski definition) is 1. The first-order valence-electron chi connectivity index (χ1n) is 6.04. The topological polar surface area (TPSA) is 9.23 Å². The average molecular weight is 345 g/mol. The van der Waals surface area contributed by atoms with Crippen LogP contribution in [0.2, 0.25) is 0 Å². The molecule has 0 bridgehead atoms. The molecule has 0 spiro atoms. The summed E-state index contributed by atoms with van der Waals surface area (Å²) in [5.74, 6) is -0.183. The van der Waals surface area contributed by atoms with Crippen LogP contribution in [0.4, 0.5) is 13.2 Å². The highest BCUT2D eigenvalue weighted by Crippen LogP contribution is 2.36. The molecular formula is C15H12BrF3O. The molecule has 0 unspecified atom stereocenters. The Morgan fingerprint density at radius 3 is 2.40 bits per heavy atom. The lowest BCUT2D eigenvalue weighted by Crippen LogP contribution is -2.17. The van der Waals surface area contributed by atoms with Gasteiger partial charge in [-0.15, -0.1) is 13.2 Å². The second-order valence-electron chi connectivity index (χ2n) is 4.20. The highest BCUT2D eigenvalue weighted by Gasteiger charge is 2.32. The van der Waals surface area contributed by atoms with Crippen molar-refractivity contribution >= 4 is 15.9 Å². The van der Waals surface area contributed by atoms with Gasteiger partial charge in [-0.1, -0.05) is 47.1 Å². The fourth-order valence-corrected chi connectivity index (χ4v) is 2.43. The average Bonchev–Trinajstić information content (AvgIpc) is 2.38. The molecule has 1 nitrogen and oxygen atoms in total. The minimum absolute atomic E-state index is 0.183. The summed E-state index contributed by atoms with van der Waals surface area (Å²) in [6.45, 7) is 1.96. The molecule has 0 aliphatic carbocycles. The summed E-state index contributed by atoms with van der Waals surface area (Å²) >= 11 is 3.37. The molecule has 0 amide bonds. The Labute approximate surface area is 123 Å². The van der Waals surface area contributed by atoms with E-state index in [0.717, 1.165) is 22.0 Å². The lowest BCUT2D eigenvalue weighted by molar-refractivity contribution is -0.274. The molecule has 0 aliphatic heterocycles. The van der Waals surface area contributed by atoms with E-state index in [4.69, 9.17) is 0 Å². The van der Waals surface area contributed by atoms with Crippen LogP contribution >= 0.6 is 15.9 Å². The number of alkyl halides is 3. The molecule has 0 heterocycles. The Morgan fingerprint density at radius 2 is 1.75 bits per heavy atom. The van der Waals surface area contributed by atoms with Gasteiger partial charge in [0.15, 0.2) is 0 Å². The summed E-state index contributed by atoms with van der Waals surface area (Å²) in [6.07, 6.45) is -3.98. The van der Waals surface area contributed by atoms with Gasteiger partial charge in [-0.05, 0) is 35.7 Å². The predicted molar refractivity (Wildman–Crippen MR) is 75.6 cm³/mol. The second-order valence-corrected chi connectivity index (χ2v) is 5.11. The van der Waals surface area contributed by atoms with Gasteiger partial charge in [0.05, 0.1) is 0 Å². The van der Waals surface area contributed by atoms with Gasteiger partial charge in [0.2, 0.25) is 0 Å². The Bertz CT molecular complexity index is 608. The molecule has 106 valence electrons. The molecule has 2 aromatic carbocycles. The van der Waals surface area contributed by atoms with Gasteiger partial charge in [-0.2, -0.15) is 0 Å². The summed E-state index contributed by atoms with van der Waals surface area (Å²) in [4.78, 5) is 0. The van der Waals surface area contributed by atoms with Gasteiger partial charge in [0, 0.05) is 10.0 Å². The summed E-state index contributed by atoms with van der Waals surface area (Å²) in [5.41, 5.74) is 2.14. The van der Waals surface area contributed by atoms with Crippen LogP contribution in [0.3, 0.4) is 0 Å².